The Morgan fingerprint density at radius 3 is 2.47 bits per heavy atom. The van der Waals surface area contributed by atoms with E-state index in [9.17, 15) is 4.79 Å². The number of nitriles is 1. The lowest BCUT2D eigenvalue weighted by atomic mass is 10.1. The maximum Gasteiger partial charge on any atom is 0.322 e. The molecule has 0 fully saturated rings. The van der Waals surface area contributed by atoms with Crippen molar-refractivity contribution in [1.29, 1.82) is 5.26 Å². The second-order valence-electron chi connectivity index (χ2n) is 4.00. The number of hydrogen-bond donors (Lipinski definition) is 0. The molecule has 0 rings (SSSR count). The smallest absolute Gasteiger partial charge is 0.322 e. The summed E-state index contributed by atoms with van der Waals surface area (Å²) in [5.74, 6) is 0.226. The molecule has 1 atom stereocenters. The van der Waals surface area contributed by atoms with Crippen molar-refractivity contribution in [2.75, 3.05) is 20.2 Å². The summed E-state index contributed by atoms with van der Waals surface area (Å²) in [4.78, 5) is 13.3. The van der Waals surface area contributed by atoms with Crippen LogP contribution in [0.5, 0.6) is 0 Å². The molecule has 15 heavy (non-hydrogen) atoms. The number of carbonyl (C=O) groups is 1. The number of esters is 1. The van der Waals surface area contributed by atoms with Crippen LogP contribution in [-0.4, -0.2) is 37.1 Å². The highest BCUT2D eigenvalue weighted by molar-refractivity contribution is 5.75. The maximum absolute atomic E-state index is 11.4. The summed E-state index contributed by atoms with van der Waals surface area (Å²) >= 11 is 0. The van der Waals surface area contributed by atoms with Crippen LogP contribution in [0.3, 0.4) is 0 Å². The molecule has 0 radical (unpaired) electrons. The standard InChI is InChI=1S/C11H20N2O2/c1-9(2)8-13(7-5-6-12)10(3)11(14)15-4/h9-10H,5,7-8H2,1-4H3. The number of methoxy groups -OCH3 is 1. The first-order valence-electron chi connectivity index (χ1n) is 5.21. The van der Waals surface area contributed by atoms with Gasteiger partial charge < -0.3 is 4.74 Å². The fourth-order valence-electron chi connectivity index (χ4n) is 1.43. The average Bonchev–Trinajstić information content (AvgIpc) is 2.21. The minimum atomic E-state index is -0.272. The second-order valence-corrected chi connectivity index (χ2v) is 4.00. The molecule has 0 N–H and O–H groups in total. The van der Waals surface area contributed by atoms with Gasteiger partial charge in [-0.05, 0) is 12.8 Å². The molecule has 0 heterocycles. The molecule has 0 aromatic carbocycles. The first-order chi connectivity index (χ1) is 7.02. The van der Waals surface area contributed by atoms with E-state index in [2.05, 4.69) is 19.9 Å². The van der Waals surface area contributed by atoms with E-state index in [1.807, 2.05) is 11.8 Å². The van der Waals surface area contributed by atoms with Gasteiger partial charge >= 0.3 is 5.97 Å². The van der Waals surface area contributed by atoms with Gasteiger partial charge in [-0.3, -0.25) is 9.69 Å². The lowest BCUT2D eigenvalue weighted by Gasteiger charge is -2.27. The first-order valence-corrected chi connectivity index (χ1v) is 5.21. The summed E-state index contributed by atoms with van der Waals surface area (Å²) < 4.78 is 4.69. The molecule has 0 spiro atoms. The summed E-state index contributed by atoms with van der Waals surface area (Å²) in [7, 11) is 1.39. The Morgan fingerprint density at radius 2 is 2.07 bits per heavy atom. The molecule has 0 amide bonds. The van der Waals surface area contributed by atoms with Crippen LogP contribution in [0.15, 0.2) is 0 Å². The van der Waals surface area contributed by atoms with Gasteiger partial charge in [-0.2, -0.15) is 5.26 Å². The molecular weight excluding hydrogens is 192 g/mol. The summed E-state index contributed by atoms with van der Waals surface area (Å²) in [6, 6.07) is 1.82. The monoisotopic (exact) mass is 212 g/mol. The third kappa shape index (κ3) is 5.38. The van der Waals surface area contributed by atoms with Crippen LogP contribution < -0.4 is 0 Å². The first kappa shape index (κ1) is 13.9. The number of hydrogen-bond acceptors (Lipinski definition) is 4. The molecule has 0 aromatic rings. The summed E-state index contributed by atoms with van der Waals surface area (Å²) in [6.45, 7) is 7.40. The second kappa shape index (κ2) is 7.24. The zero-order valence-corrected chi connectivity index (χ0v) is 9.99. The molecule has 0 saturated carbocycles. The van der Waals surface area contributed by atoms with Crippen molar-refractivity contribution in [3.63, 3.8) is 0 Å². The topological polar surface area (TPSA) is 53.3 Å². The Balaban J connectivity index is 4.33. The van der Waals surface area contributed by atoms with Crippen LogP contribution in [0.4, 0.5) is 0 Å². The molecule has 86 valence electrons. The van der Waals surface area contributed by atoms with E-state index in [1.54, 1.807) is 0 Å². The van der Waals surface area contributed by atoms with Crippen molar-refractivity contribution in [1.82, 2.24) is 4.90 Å². The molecule has 0 bridgehead atoms. The quantitative estimate of drug-likeness (QED) is 0.625. The summed E-state index contributed by atoms with van der Waals surface area (Å²) in [6.07, 6.45) is 0.439. The van der Waals surface area contributed by atoms with E-state index >= 15 is 0 Å². The van der Waals surface area contributed by atoms with Gasteiger partial charge in [0.25, 0.3) is 0 Å². The highest BCUT2D eigenvalue weighted by atomic mass is 16.5. The third-order valence-electron chi connectivity index (χ3n) is 2.20. The molecule has 4 heteroatoms. The van der Waals surface area contributed by atoms with Crippen molar-refractivity contribution < 1.29 is 9.53 Å². The Kier molecular flexibility index (Phi) is 6.72. The van der Waals surface area contributed by atoms with E-state index in [4.69, 9.17) is 10.00 Å². The van der Waals surface area contributed by atoms with Gasteiger partial charge in [0.05, 0.1) is 13.2 Å². The van der Waals surface area contributed by atoms with E-state index in [0.717, 1.165) is 6.54 Å². The van der Waals surface area contributed by atoms with Crippen LogP contribution in [-0.2, 0) is 9.53 Å². The van der Waals surface area contributed by atoms with Crippen molar-refractivity contribution in [2.24, 2.45) is 5.92 Å². The third-order valence-corrected chi connectivity index (χ3v) is 2.20. The lowest BCUT2D eigenvalue weighted by Crippen LogP contribution is -2.42. The molecule has 1 unspecified atom stereocenters. The fraction of sp³-hybridized carbons (Fsp3) is 0.818. The molecule has 0 saturated heterocycles. The minimum absolute atomic E-state index is 0.242. The van der Waals surface area contributed by atoms with Crippen LogP contribution in [0.25, 0.3) is 0 Å². The van der Waals surface area contributed by atoms with E-state index in [0.29, 0.717) is 18.9 Å². The Morgan fingerprint density at radius 1 is 1.47 bits per heavy atom. The summed E-state index contributed by atoms with van der Waals surface area (Å²) in [5.41, 5.74) is 0. The fourth-order valence-corrected chi connectivity index (χ4v) is 1.43. The van der Waals surface area contributed by atoms with Crippen molar-refractivity contribution in [2.45, 2.75) is 33.2 Å². The van der Waals surface area contributed by atoms with Crippen LogP contribution in [0.1, 0.15) is 27.2 Å². The molecule has 0 aliphatic rings. The highest BCUT2D eigenvalue weighted by Crippen LogP contribution is 2.06. The minimum Gasteiger partial charge on any atom is -0.468 e. The van der Waals surface area contributed by atoms with Crippen LogP contribution in [0.2, 0.25) is 0 Å². The molecule has 4 nitrogen and oxygen atoms in total. The largest absolute Gasteiger partial charge is 0.468 e. The van der Waals surface area contributed by atoms with Crippen LogP contribution in [0, 0.1) is 17.2 Å². The SMILES string of the molecule is COC(=O)C(C)N(CCC#N)CC(C)C. The van der Waals surface area contributed by atoms with Gasteiger partial charge in [0.15, 0.2) is 0 Å². The number of rotatable bonds is 6. The number of carbonyl (C=O) groups excluding carboxylic acids is 1. The number of nitrogens with zero attached hydrogens (tertiary/aromatic N) is 2. The molecule has 0 aliphatic carbocycles. The average molecular weight is 212 g/mol. The summed E-state index contributed by atoms with van der Waals surface area (Å²) in [5, 5.41) is 8.53. The lowest BCUT2D eigenvalue weighted by molar-refractivity contribution is -0.146. The maximum atomic E-state index is 11.4. The van der Waals surface area contributed by atoms with Gasteiger partial charge in [0.2, 0.25) is 0 Å². The Hall–Kier alpha value is -1.08. The van der Waals surface area contributed by atoms with Crippen LogP contribution >= 0.6 is 0 Å². The molecular formula is C11H20N2O2. The van der Waals surface area contributed by atoms with Crippen molar-refractivity contribution in [3.8, 4) is 6.07 Å². The Labute approximate surface area is 91.8 Å². The van der Waals surface area contributed by atoms with E-state index < -0.39 is 0 Å². The molecule has 0 aromatic heterocycles. The normalized spacial score (nSPS) is 12.6. The zero-order valence-electron chi connectivity index (χ0n) is 9.99. The highest BCUT2D eigenvalue weighted by Gasteiger charge is 2.21. The van der Waals surface area contributed by atoms with Gasteiger partial charge in [0.1, 0.15) is 6.04 Å². The van der Waals surface area contributed by atoms with Crippen molar-refractivity contribution >= 4 is 5.97 Å². The molecule has 0 aliphatic heterocycles. The number of ether oxygens (including phenoxy) is 1. The predicted octanol–water partition coefficient (Wildman–Crippen LogP) is 1.42. The van der Waals surface area contributed by atoms with Gasteiger partial charge in [0, 0.05) is 19.5 Å². The van der Waals surface area contributed by atoms with E-state index in [-0.39, 0.29) is 12.0 Å². The Bertz CT molecular complexity index is 233. The zero-order chi connectivity index (χ0) is 11.8. The van der Waals surface area contributed by atoms with Gasteiger partial charge in [-0.15, -0.1) is 0 Å². The van der Waals surface area contributed by atoms with Crippen molar-refractivity contribution in [3.05, 3.63) is 0 Å². The predicted molar refractivity (Wildman–Crippen MR) is 58.1 cm³/mol. The van der Waals surface area contributed by atoms with Gasteiger partial charge in [-0.25, -0.2) is 0 Å². The van der Waals surface area contributed by atoms with Gasteiger partial charge in [-0.1, -0.05) is 13.8 Å². The van der Waals surface area contributed by atoms with E-state index in [1.165, 1.54) is 7.11 Å².